The smallest absolute Gasteiger partial charge is 0.407 e. The van der Waals surface area contributed by atoms with Crippen LogP contribution in [0.1, 0.15) is 108 Å². The summed E-state index contributed by atoms with van der Waals surface area (Å²) in [6.45, 7) is 10.6. The van der Waals surface area contributed by atoms with Crippen LogP contribution in [0.15, 0.2) is 67.0 Å². The van der Waals surface area contributed by atoms with Gasteiger partial charge in [-0.2, -0.15) is 0 Å². The number of nitrogens with zero attached hydrogens (tertiary/aromatic N) is 5. The maximum atomic E-state index is 17.0. The molecule has 0 radical (unpaired) electrons. The second-order valence-electron chi connectivity index (χ2n) is 19.8. The summed E-state index contributed by atoms with van der Waals surface area (Å²) in [6.07, 6.45) is 6.20. The molecule has 2 saturated heterocycles. The van der Waals surface area contributed by atoms with Crippen molar-refractivity contribution in [2.75, 3.05) is 27.3 Å². The first-order valence-corrected chi connectivity index (χ1v) is 24.6. The van der Waals surface area contributed by atoms with Crippen LogP contribution in [-0.4, -0.2) is 104 Å². The highest BCUT2D eigenvalue weighted by atomic mass is 19.1. The molecule has 10 rings (SSSR count). The van der Waals surface area contributed by atoms with Crippen LogP contribution in [0.25, 0.3) is 44.7 Å². The van der Waals surface area contributed by atoms with Crippen molar-refractivity contribution >= 4 is 34.9 Å². The molecule has 0 bridgehead atoms. The van der Waals surface area contributed by atoms with E-state index in [0.717, 1.165) is 64.7 Å². The number of halogens is 1. The highest BCUT2D eigenvalue weighted by molar-refractivity contribution is 5.93. The fourth-order valence-electron chi connectivity index (χ4n) is 10.7. The van der Waals surface area contributed by atoms with E-state index in [1.165, 1.54) is 20.3 Å². The minimum absolute atomic E-state index is 0.112. The Labute approximate surface area is 410 Å². The first-order chi connectivity index (χ1) is 34.2. The minimum Gasteiger partial charge on any atom is -0.490 e. The van der Waals surface area contributed by atoms with E-state index in [9.17, 15) is 19.2 Å². The number of hydrogen-bond acceptors (Lipinski definition) is 10. The number of fused-ring (bicyclic) bond motifs is 6. The van der Waals surface area contributed by atoms with Crippen LogP contribution in [0.5, 0.6) is 11.5 Å². The molecule has 7 heterocycles. The number of hydrogen-bond donors (Lipinski definition) is 4. The predicted molar refractivity (Wildman–Crippen MR) is 262 cm³/mol. The summed E-state index contributed by atoms with van der Waals surface area (Å²) in [5.41, 5.74) is 6.47. The van der Waals surface area contributed by atoms with Gasteiger partial charge in [-0.1, -0.05) is 33.8 Å². The fourth-order valence-corrected chi connectivity index (χ4v) is 10.7. The van der Waals surface area contributed by atoms with E-state index >= 15 is 4.39 Å². The van der Waals surface area contributed by atoms with E-state index < -0.39 is 36.3 Å². The Bertz CT molecular complexity index is 3030. The van der Waals surface area contributed by atoms with Crippen molar-refractivity contribution in [2.24, 2.45) is 11.8 Å². The molecule has 4 aliphatic rings. The molecule has 18 heteroatoms. The lowest BCUT2D eigenvalue weighted by molar-refractivity contribution is -0.136. The number of H-pyrrole nitrogens is 2. The number of aromatic nitrogens is 5. The highest BCUT2D eigenvalue weighted by Gasteiger charge is 2.40. The number of aromatic amines is 2. The number of carbonyl (C=O) groups excluding carboxylic acids is 4. The Morgan fingerprint density at radius 2 is 1.34 bits per heavy atom. The summed E-state index contributed by atoms with van der Waals surface area (Å²) in [7, 11) is 2.54. The van der Waals surface area contributed by atoms with Gasteiger partial charge < -0.3 is 53.9 Å². The molecule has 17 nitrogen and oxygen atoms in total. The van der Waals surface area contributed by atoms with Crippen molar-refractivity contribution in [1.29, 1.82) is 0 Å². The highest BCUT2D eigenvalue weighted by Crippen LogP contribution is 2.48. The molecule has 6 atom stereocenters. The zero-order valence-corrected chi connectivity index (χ0v) is 41.0. The van der Waals surface area contributed by atoms with Gasteiger partial charge in [-0.3, -0.25) is 9.59 Å². The zero-order chi connectivity index (χ0) is 49.8. The van der Waals surface area contributed by atoms with E-state index in [1.54, 1.807) is 22.2 Å². The van der Waals surface area contributed by atoms with Crippen molar-refractivity contribution in [3.8, 4) is 45.3 Å². The molecule has 4 amide bonds. The number of carbonyl (C=O) groups is 4. The van der Waals surface area contributed by atoms with Gasteiger partial charge in [-0.05, 0) is 111 Å². The van der Waals surface area contributed by atoms with Crippen molar-refractivity contribution in [1.82, 2.24) is 44.9 Å². The van der Waals surface area contributed by atoms with Gasteiger partial charge in [-0.25, -0.2) is 23.9 Å². The van der Waals surface area contributed by atoms with Crippen LogP contribution in [-0.2, 0) is 25.5 Å². The van der Waals surface area contributed by atoms with Crippen LogP contribution >= 0.6 is 0 Å². The Balaban J connectivity index is 0.985. The lowest BCUT2D eigenvalue weighted by Gasteiger charge is -2.32. The summed E-state index contributed by atoms with van der Waals surface area (Å²) in [6, 6.07) is 15.3. The number of aryl methyl sites for hydroxylation is 1. The molecular weight excluding hydrogens is 910 g/mol. The number of imidazole rings is 2. The Morgan fingerprint density at radius 1 is 0.732 bits per heavy atom. The molecule has 372 valence electrons. The van der Waals surface area contributed by atoms with E-state index in [4.69, 9.17) is 28.9 Å². The summed E-state index contributed by atoms with van der Waals surface area (Å²) >= 11 is 0. The maximum Gasteiger partial charge on any atom is 0.407 e. The standard InChI is InChI=1S/C53H60FN9O8/c1-27(2)45(59-52(66)68-6)49(64)61-18-8-10-39(61)47-55-25-36(57-47)30-14-16-38-34(20-30)23-41-44-35(54)22-33(24-43(44)71-51(63(38)41)32-15-17-42-31(21-32)13-12-29(5)70-42)37-26-56-48(58-37)40-11-9-19-62(40)50(65)46(28(3)4)60-53(67)69-7/h14-17,20-29,39-40,45-46,51H,8-13,18-19H2,1-7H3,(H,55,57)(H,56,58)(H,59,66)(H,60,67)/t29?,39-,40-,45-,46-,51+/m0/s1. The summed E-state index contributed by atoms with van der Waals surface area (Å²) in [5.74, 6) is 1.20. The van der Waals surface area contributed by atoms with Gasteiger partial charge in [0.05, 0.1) is 73.0 Å². The number of methoxy groups -OCH3 is 2. The van der Waals surface area contributed by atoms with Crippen molar-refractivity contribution in [3.63, 3.8) is 0 Å². The molecule has 3 aromatic carbocycles. The van der Waals surface area contributed by atoms with Gasteiger partial charge in [0.1, 0.15) is 41.0 Å². The molecule has 0 aliphatic carbocycles. The number of rotatable bonds is 11. The van der Waals surface area contributed by atoms with Crippen molar-refractivity contribution < 1.29 is 42.5 Å². The molecule has 4 N–H and O–H groups in total. The number of likely N-dealkylation sites (tertiary alicyclic amines) is 2. The SMILES string of the molecule is COC(=O)N[C@H](C(=O)N1CCC[C@H]1c1ncc(-c2cc(F)c3c(c2)O[C@H](c2ccc4c(c2)CCC(C)O4)n2c-3cc3cc(-c4cnc([C@@H]5CCCN5C(=O)[C@@H](NC(=O)OC)C(C)C)[nH]4)ccc32)[nH]1)C(C)C. The molecule has 2 fully saturated rings. The topological polar surface area (TPSA) is 198 Å². The van der Waals surface area contributed by atoms with Crippen LogP contribution < -0.4 is 20.1 Å². The Kier molecular flexibility index (Phi) is 12.7. The normalized spacial score (nSPS) is 20.2. The molecule has 6 aromatic rings. The predicted octanol–water partition coefficient (Wildman–Crippen LogP) is 8.97. The van der Waals surface area contributed by atoms with Crippen LogP contribution in [0, 0.1) is 17.7 Å². The molecule has 1 unspecified atom stereocenters. The largest absolute Gasteiger partial charge is 0.490 e. The van der Waals surface area contributed by atoms with E-state index in [1.807, 2.05) is 74.7 Å². The quantitative estimate of drug-likeness (QED) is 0.0972. The maximum absolute atomic E-state index is 17.0. The van der Waals surface area contributed by atoms with Gasteiger partial charge in [0.2, 0.25) is 18.0 Å². The second-order valence-corrected chi connectivity index (χ2v) is 19.8. The van der Waals surface area contributed by atoms with E-state index in [2.05, 4.69) is 33.6 Å². The van der Waals surface area contributed by atoms with Crippen LogP contribution in [0.2, 0.25) is 0 Å². The van der Waals surface area contributed by atoms with E-state index in [0.29, 0.717) is 65.8 Å². The van der Waals surface area contributed by atoms with Crippen molar-refractivity contribution in [2.45, 2.75) is 110 Å². The zero-order valence-electron chi connectivity index (χ0n) is 41.0. The number of nitrogens with one attached hydrogen (secondary N) is 4. The third-order valence-electron chi connectivity index (χ3n) is 14.4. The Morgan fingerprint density at radius 3 is 1.93 bits per heavy atom. The first kappa shape index (κ1) is 47.3. The lowest BCUT2D eigenvalue weighted by Crippen LogP contribution is -2.51. The summed E-state index contributed by atoms with van der Waals surface area (Å²) in [4.78, 5) is 71.9. The van der Waals surface area contributed by atoms with Gasteiger partial charge in [0.25, 0.3) is 0 Å². The number of alkyl carbamates (subject to hydrolysis) is 2. The molecule has 3 aromatic heterocycles. The van der Waals surface area contributed by atoms with Gasteiger partial charge >= 0.3 is 12.2 Å². The van der Waals surface area contributed by atoms with Gasteiger partial charge in [0, 0.05) is 35.2 Å². The fraction of sp³-hybridized carbons (Fsp3) is 0.434. The molecular formula is C53H60FN9O8. The minimum atomic E-state index is -0.779. The third kappa shape index (κ3) is 8.81. The average molecular weight is 970 g/mol. The lowest BCUT2D eigenvalue weighted by atomic mass is 9.98. The number of benzene rings is 3. The van der Waals surface area contributed by atoms with E-state index in [-0.39, 0.29) is 41.8 Å². The molecule has 0 saturated carbocycles. The summed E-state index contributed by atoms with van der Waals surface area (Å²) in [5, 5.41) is 6.26. The van der Waals surface area contributed by atoms with Gasteiger partial charge in [-0.15, -0.1) is 0 Å². The first-order valence-electron chi connectivity index (χ1n) is 24.6. The van der Waals surface area contributed by atoms with Crippen molar-refractivity contribution in [3.05, 3.63) is 95.6 Å². The third-order valence-corrected chi connectivity index (χ3v) is 14.4. The molecule has 0 spiro atoms. The van der Waals surface area contributed by atoms with Gasteiger partial charge in [0.15, 0.2) is 0 Å². The summed E-state index contributed by atoms with van der Waals surface area (Å²) < 4.78 is 41.8. The monoisotopic (exact) mass is 969 g/mol. The van der Waals surface area contributed by atoms with Crippen LogP contribution in [0.4, 0.5) is 14.0 Å². The number of amides is 4. The average Bonchev–Trinajstić information content (AvgIpc) is 4.23. The molecule has 4 aliphatic heterocycles. The Hall–Kier alpha value is -7.37. The van der Waals surface area contributed by atoms with Crippen LogP contribution in [0.3, 0.4) is 0 Å². The second kappa shape index (κ2) is 19.1. The molecule has 71 heavy (non-hydrogen) atoms. The number of ether oxygens (including phenoxy) is 4.